The van der Waals surface area contributed by atoms with Crippen LogP contribution in [0.3, 0.4) is 0 Å². The minimum Gasteiger partial charge on any atom is -0.423 e. The van der Waals surface area contributed by atoms with Crippen LogP contribution in [0, 0.1) is 56.7 Å². The standard InChI is InChI=1S/C44H66BNO3/c1-30(2)33-19-24-44(38(47)12-11-29-46-27-9-8-10-28-46)26-25-42(6)35(39(33)44)17-18-37-41(5)22-20-34(31-13-15-32(16-14-31)45(48)49)40(3,4)36(41)21-23-43(37,42)7/h13-16,20,33,35-37,39,48-49H,1,8-12,17-19,21-29H2,2-7H3/t33-,35+,36-,37+,39+,41-,42+,43+,44+/m0/s1. The molecule has 2 N–H and O–H groups in total. The zero-order valence-corrected chi connectivity index (χ0v) is 31.8. The minimum atomic E-state index is -1.43. The molecule has 1 aromatic rings. The van der Waals surface area contributed by atoms with Gasteiger partial charge in [-0.25, -0.2) is 0 Å². The molecule has 0 aromatic heterocycles. The van der Waals surface area contributed by atoms with Crippen LogP contribution in [-0.2, 0) is 4.79 Å². The third-order valence-electron chi connectivity index (χ3n) is 17.0. The van der Waals surface area contributed by atoms with E-state index in [1.54, 1.807) is 0 Å². The fourth-order valence-corrected chi connectivity index (χ4v) is 14.5. The van der Waals surface area contributed by atoms with E-state index in [0.717, 1.165) is 45.1 Å². The number of hydrogen-bond donors (Lipinski definition) is 2. The van der Waals surface area contributed by atoms with Gasteiger partial charge in [-0.15, -0.1) is 0 Å². The van der Waals surface area contributed by atoms with Gasteiger partial charge in [0.05, 0.1) is 0 Å². The number of fused-ring (bicyclic) bond motifs is 7. The van der Waals surface area contributed by atoms with Crippen LogP contribution in [0.4, 0.5) is 0 Å². The van der Waals surface area contributed by atoms with Gasteiger partial charge >= 0.3 is 7.12 Å². The van der Waals surface area contributed by atoms with E-state index in [0.29, 0.717) is 40.8 Å². The first-order chi connectivity index (χ1) is 23.2. The summed E-state index contributed by atoms with van der Waals surface area (Å²) in [6.07, 6.45) is 19.1. The average molecular weight is 668 g/mol. The number of Topliss-reactive ketones (excluding diaryl/α,β-unsaturated/α-hetero) is 1. The van der Waals surface area contributed by atoms with Crippen molar-refractivity contribution in [2.45, 2.75) is 131 Å². The summed E-state index contributed by atoms with van der Waals surface area (Å²) in [5.74, 6) is 3.42. The van der Waals surface area contributed by atoms with E-state index in [-0.39, 0.29) is 27.1 Å². The number of carbonyl (C=O) groups excluding carboxylic acids is 1. The molecule has 0 unspecified atom stereocenters. The number of benzene rings is 1. The van der Waals surface area contributed by atoms with Crippen LogP contribution in [-0.4, -0.2) is 47.5 Å². The van der Waals surface area contributed by atoms with E-state index in [1.165, 1.54) is 81.2 Å². The molecule has 1 aliphatic heterocycles. The number of carbonyl (C=O) groups is 1. The molecule has 5 heteroatoms. The van der Waals surface area contributed by atoms with Crippen LogP contribution < -0.4 is 5.46 Å². The van der Waals surface area contributed by atoms with E-state index in [1.807, 2.05) is 12.1 Å². The van der Waals surface area contributed by atoms with Crippen molar-refractivity contribution in [3.8, 4) is 0 Å². The highest BCUT2D eigenvalue weighted by Gasteiger charge is 2.71. The zero-order valence-electron chi connectivity index (χ0n) is 31.8. The van der Waals surface area contributed by atoms with Crippen molar-refractivity contribution >= 4 is 23.9 Å². The normalized spacial score (nSPS) is 41.5. The van der Waals surface area contributed by atoms with Crippen molar-refractivity contribution in [3.05, 3.63) is 48.1 Å². The van der Waals surface area contributed by atoms with Gasteiger partial charge < -0.3 is 14.9 Å². The summed E-state index contributed by atoms with van der Waals surface area (Å²) in [5, 5.41) is 19.4. The Morgan fingerprint density at radius 2 is 1.59 bits per heavy atom. The molecule has 4 saturated carbocycles. The van der Waals surface area contributed by atoms with Crippen molar-refractivity contribution in [1.29, 1.82) is 0 Å². The third kappa shape index (κ3) is 5.44. The highest BCUT2D eigenvalue weighted by molar-refractivity contribution is 6.58. The van der Waals surface area contributed by atoms with Crippen molar-refractivity contribution in [2.75, 3.05) is 19.6 Å². The maximum absolute atomic E-state index is 14.6. The molecule has 1 saturated heterocycles. The highest BCUT2D eigenvalue weighted by atomic mass is 16.4. The number of piperidine rings is 1. The molecule has 4 nitrogen and oxygen atoms in total. The molecule has 5 aliphatic carbocycles. The summed E-state index contributed by atoms with van der Waals surface area (Å²) in [5.41, 5.74) is 5.15. The summed E-state index contributed by atoms with van der Waals surface area (Å²) in [7, 11) is -1.43. The van der Waals surface area contributed by atoms with E-state index >= 15 is 0 Å². The monoisotopic (exact) mass is 668 g/mol. The van der Waals surface area contributed by atoms with Gasteiger partial charge in [-0.1, -0.05) is 83.5 Å². The topological polar surface area (TPSA) is 60.8 Å². The lowest BCUT2D eigenvalue weighted by Gasteiger charge is -2.72. The highest BCUT2D eigenvalue weighted by Crippen LogP contribution is 2.78. The maximum Gasteiger partial charge on any atom is 0.488 e. The Morgan fingerprint density at radius 1 is 0.878 bits per heavy atom. The molecule has 268 valence electrons. The summed E-state index contributed by atoms with van der Waals surface area (Å²) >= 11 is 0. The van der Waals surface area contributed by atoms with Crippen molar-refractivity contribution in [1.82, 2.24) is 4.90 Å². The summed E-state index contributed by atoms with van der Waals surface area (Å²) in [4.78, 5) is 17.2. The van der Waals surface area contributed by atoms with Crippen molar-refractivity contribution in [2.24, 2.45) is 56.7 Å². The van der Waals surface area contributed by atoms with E-state index in [2.05, 4.69) is 71.2 Å². The van der Waals surface area contributed by atoms with Crippen LogP contribution in [0.15, 0.2) is 42.5 Å². The lowest BCUT2D eigenvalue weighted by Crippen LogP contribution is -2.65. The summed E-state index contributed by atoms with van der Waals surface area (Å²) in [6, 6.07) is 7.92. The van der Waals surface area contributed by atoms with Gasteiger partial charge in [0.25, 0.3) is 0 Å². The van der Waals surface area contributed by atoms with Crippen molar-refractivity contribution in [3.63, 3.8) is 0 Å². The molecule has 9 atom stereocenters. The lowest BCUT2D eigenvalue weighted by atomic mass is 9.32. The number of nitrogens with zero attached hydrogens (tertiary/aromatic N) is 1. The van der Waals surface area contributed by atoms with Crippen LogP contribution in [0.1, 0.15) is 137 Å². The Labute approximate surface area is 298 Å². The second-order valence-electron chi connectivity index (χ2n) is 19.3. The Balaban J connectivity index is 1.16. The molecule has 0 bridgehead atoms. The molecular weight excluding hydrogens is 601 g/mol. The second-order valence-corrected chi connectivity index (χ2v) is 19.3. The van der Waals surface area contributed by atoms with Gasteiger partial charge in [-0.05, 0) is 171 Å². The van der Waals surface area contributed by atoms with E-state index in [9.17, 15) is 14.8 Å². The molecule has 0 amide bonds. The molecule has 49 heavy (non-hydrogen) atoms. The predicted molar refractivity (Wildman–Crippen MR) is 203 cm³/mol. The van der Waals surface area contributed by atoms with Gasteiger partial charge in [-0.3, -0.25) is 4.79 Å². The second kappa shape index (κ2) is 12.8. The number of allylic oxidation sites excluding steroid dienone is 3. The Morgan fingerprint density at radius 3 is 2.27 bits per heavy atom. The maximum atomic E-state index is 14.6. The first kappa shape index (κ1) is 35.7. The van der Waals surface area contributed by atoms with Gasteiger partial charge in [0.15, 0.2) is 0 Å². The zero-order chi connectivity index (χ0) is 35.0. The molecule has 5 fully saturated rings. The smallest absolute Gasteiger partial charge is 0.423 e. The Bertz CT molecular complexity index is 1460. The van der Waals surface area contributed by atoms with Crippen LogP contribution in [0.5, 0.6) is 0 Å². The SMILES string of the molecule is C=C(C)[C@@H]1CC[C@]2(C(=O)CCCN3CCCCC3)CC[C@]3(C)[C@H](CC[C@@H]4[C@@]5(C)CC=C(c6ccc(B(O)O)cc6)C(C)(C)[C@@H]5CC[C@]43C)[C@@H]12. The van der Waals surface area contributed by atoms with Gasteiger partial charge in [-0.2, -0.15) is 0 Å². The predicted octanol–water partition coefficient (Wildman–Crippen LogP) is 8.85. The third-order valence-corrected chi connectivity index (χ3v) is 17.0. The van der Waals surface area contributed by atoms with Gasteiger partial charge in [0.2, 0.25) is 0 Å². The van der Waals surface area contributed by atoms with Crippen LogP contribution >= 0.6 is 0 Å². The number of hydrogen-bond acceptors (Lipinski definition) is 4. The van der Waals surface area contributed by atoms with E-state index in [4.69, 9.17) is 0 Å². The molecule has 0 radical (unpaired) electrons. The fourth-order valence-electron chi connectivity index (χ4n) is 14.5. The Hall–Kier alpha value is -1.69. The van der Waals surface area contributed by atoms with Gasteiger partial charge in [0, 0.05) is 11.8 Å². The molecule has 1 heterocycles. The van der Waals surface area contributed by atoms with E-state index < -0.39 is 7.12 Å². The average Bonchev–Trinajstić information content (AvgIpc) is 3.47. The summed E-state index contributed by atoms with van der Waals surface area (Å²) < 4.78 is 0. The first-order valence-electron chi connectivity index (χ1n) is 20.3. The number of ketones is 1. The van der Waals surface area contributed by atoms with Crippen molar-refractivity contribution < 1.29 is 14.8 Å². The van der Waals surface area contributed by atoms with Crippen LogP contribution in [0.2, 0.25) is 0 Å². The Kier molecular flexibility index (Phi) is 9.30. The lowest BCUT2D eigenvalue weighted by molar-refractivity contribution is -0.224. The largest absolute Gasteiger partial charge is 0.488 e. The number of rotatable bonds is 8. The number of likely N-dealkylation sites (tertiary alicyclic amines) is 1. The quantitative estimate of drug-likeness (QED) is 0.215. The fraction of sp³-hybridized carbons (Fsp3) is 0.750. The van der Waals surface area contributed by atoms with Gasteiger partial charge in [0.1, 0.15) is 5.78 Å². The molecule has 0 spiro atoms. The molecular formula is C44H66BNO3. The van der Waals surface area contributed by atoms with Crippen LogP contribution in [0.25, 0.3) is 5.57 Å². The minimum absolute atomic E-state index is 0.0320. The molecule has 7 rings (SSSR count). The molecule has 1 aromatic carbocycles. The summed E-state index contributed by atoms with van der Waals surface area (Å²) in [6.45, 7) is 23.4. The first-order valence-corrected chi connectivity index (χ1v) is 20.3. The molecule has 6 aliphatic rings.